The second-order valence-corrected chi connectivity index (χ2v) is 6.45. The van der Waals surface area contributed by atoms with Crippen LogP contribution < -0.4 is 19.7 Å². The van der Waals surface area contributed by atoms with E-state index in [-0.39, 0.29) is 30.5 Å². The Balaban J connectivity index is 1.71. The minimum Gasteiger partial charge on any atom is -0.496 e. The number of carbonyl (C=O) groups excluding carboxylic acids is 3. The Morgan fingerprint density at radius 3 is 2.62 bits per heavy atom. The number of methoxy groups -OCH3 is 2. The lowest BCUT2D eigenvalue weighted by molar-refractivity contribution is -0.128. The Kier molecular flexibility index (Phi) is 6.01. The summed E-state index contributed by atoms with van der Waals surface area (Å²) >= 11 is 0. The molecule has 152 valence electrons. The number of nitrogens with zero attached hydrogens (tertiary/aromatic N) is 1. The molecule has 29 heavy (non-hydrogen) atoms. The predicted molar refractivity (Wildman–Crippen MR) is 105 cm³/mol. The maximum absolute atomic E-state index is 12.7. The van der Waals surface area contributed by atoms with Crippen molar-refractivity contribution in [3.63, 3.8) is 0 Å². The normalized spacial score (nSPS) is 15.0. The first-order valence-electron chi connectivity index (χ1n) is 9.01. The van der Waals surface area contributed by atoms with Crippen molar-refractivity contribution in [3.05, 3.63) is 53.6 Å². The van der Waals surface area contributed by atoms with Crippen LogP contribution in [0.15, 0.2) is 42.5 Å². The van der Waals surface area contributed by atoms with Gasteiger partial charge in [0, 0.05) is 13.5 Å². The van der Waals surface area contributed by atoms with Crippen molar-refractivity contribution in [2.45, 2.75) is 19.6 Å². The summed E-state index contributed by atoms with van der Waals surface area (Å²) in [5.41, 5.74) is 1.61. The number of anilines is 1. The van der Waals surface area contributed by atoms with Gasteiger partial charge in [-0.15, -0.1) is 0 Å². The molecule has 3 rings (SSSR count). The van der Waals surface area contributed by atoms with Gasteiger partial charge in [-0.25, -0.2) is 4.79 Å². The van der Waals surface area contributed by atoms with E-state index in [0.717, 1.165) is 0 Å². The van der Waals surface area contributed by atoms with Crippen LogP contribution in [0.4, 0.5) is 5.69 Å². The summed E-state index contributed by atoms with van der Waals surface area (Å²) < 4.78 is 15.7. The lowest BCUT2D eigenvalue weighted by Crippen LogP contribution is -2.50. The van der Waals surface area contributed by atoms with Gasteiger partial charge >= 0.3 is 5.97 Å². The molecule has 1 atom stereocenters. The second kappa shape index (κ2) is 8.64. The lowest BCUT2D eigenvalue weighted by atomic mass is 10.1. The topological polar surface area (TPSA) is 94.2 Å². The Hall–Kier alpha value is -3.55. The monoisotopic (exact) mass is 398 g/mol. The average molecular weight is 398 g/mol. The third-order valence-electron chi connectivity index (χ3n) is 4.58. The van der Waals surface area contributed by atoms with Crippen LogP contribution in [0, 0.1) is 0 Å². The Morgan fingerprint density at radius 2 is 1.93 bits per heavy atom. The number of nitrogens with one attached hydrogen (secondary N) is 1. The van der Waals surface area contributed by atoms with E-state index < -0.39 is 12.1 Å². The molecule has 0 radical (unpaired) electrons. The molecule has 1 heterocycles. The predicted octanol–water partition coefficient (Wildman–Crippen LogP) is 1.91. The van der Waals surface area contributed by atoms with Gasteiger partial charge in [-0.2, -0.15) is 0 Å². The smallest absolute Gasteiger partial charge is 0.341 e. The van der Waals surface area contributed by atoms with Gasteiger partial charge in [0.05, 0.1) is 26.5 Å². The first-order chi connectivity index (χ1) is 13.9. The number of benzene rings is 2. The van der Waals surface area contributed by atoms with Gasteiger partial charge in [-0.1, -0.05) is 18.2 Å². The van der Waals surface area contributed by atoms with Crippen LogP contribution in [-0.2, 0) is 20.9 Å². The number of hydrogen-bond acceptors (Lipinski definition) is 6. The highest BCUT2D eigenvalue weighted by Gasteiger charge is 2.32. The van der Waals surface area contributed by atoms with Crippen molar-refractivity contribution in [3.8, 4) is 11.5 Å². The van der Waals surface area contributed by atoms with Crippen molar-refractivity contribution in [1.82, 2.24) is 5.32 Å². The second-order valence-electron chi connectivity index (χ2n) is 6.45. The minimum absolute atomic E-state index is 0.119. The summed E-state index contributed by atoms with van der Waals surface area (Å²) in [5.74, 6) is -0.195. The van der Waals surface area contributed by atoms with Gasteiger partial charge in [-0.05, 0) is 29.8 Å². The van der Waals surface area contributed by atoms with Crippen LogP contribution >= 0.6 is 0 Å². The summed E-state index contributed by atoms with van der Waals surface area (Å²) in [5, 5.41) is 2.79. The molecule has 0 saturated heterocycles. The highest BCUT2D eigenvalue weighted by atomic mass is 16.5. The third kappa shape index (κ3) is 4.31. The molecule has 0 aliphatic carbocycles. The number of esters is 1. The van der Waals surface area contributed by atoms with Crippen molar-refractivity contribution >= 4 is 23.5 Å². The Bertz CT molecular complexity index is 943. The number of ether oxygens (including phenoxy) is 3. The quantitative estimate of drug-likeness (QED) is 0.774. The van der Waals surface area contributed by atoms with E-state index in [1.54, 1.807) is 42.5 Å². The molecule has 0 saturated carbocycles. The standard InChI is InChI=1S/C21H22N2O6/c1-13(24)23-12-19(29-18-7-5-4-6-16(18)23)20(25)22-11-14-8-9-17(27-2)15(10-14)21(26)28-3/h4-10,19H,11-12H2,1-3H3,(H,22,25)/t19-/m0/s1. The molecule has 1 aliphatic rings. The zero-order valence-corrected chi connectivity index (χ0v) is 16.4. The summed E-state index contributed by atoms with van der Waals surface area (Å²) in [6.07, 6.45) is -0.841. The van der Waals surface area contributed by atoms with Crippen molar-refractivity contribution in [2.24, 2.45) is 0 Å². The van der Waals surface area contributed by atoms with Gasteiger partial charge in [0.2, 0.25) is 5.91 Å². The van der Waals surface area contributed by atoms with Crippen LogP contribution in [0.25, 0.3) is 0 Å². The van der Waals surface area contributed by atoms with Crippen LogP contribution in [-0.4, -0.2) is 44.7 Å². The molecule has 0 aromatic heterocycles. The van der Waals surface area contributed by atoms with Gasteiger partial charge in [0.25, 0.3) is 5.91 Å². The highest BCUT2D eigenvalue weighted by Crippen LogP contribution is 2.33. The summed E-state index contributed by atoms with van der Waals surface area (Å²) in [4.78, 5) is 38.1. The minimum atomic E-state index is -0.841. The number of hydrogen-bond donors (Lipinski definition) is 1. The van der Waals surface area contributed by atoms with Crippen molar-refractivity contribution in [2.75, 3.05) is 25.7 Å². The molecule has 0 fully saturated rings. The number of para-hydroxylation sites is 2. The molecular weight excluding hydrogens is 376 g/mol. The van der Waals surface area contributed by atoms with E-state index in [1.165, 1.54) is 26.0 Å². The first kappa shape index (κ1) is 20.2. The SMILES string of the molecule is COC(=O)c1cc(CNC(=O)[C@@H]2CN(C(C)=O)c3ccccc3O2)ccc1OC. The summed E-state index contributed by atoms with van der Waals surface area (Å²) in [6.45, 7) is 1.74. The van der Waals surface area contributed by atoms with Crippen molar-refractivity contribution in [1.29, 1.82) is 0 Å². The Morgan fingerprint density at radius 1 is 1.17 bits per heavy atom. The number of amides is 2. The molecule has 2 aromatic rings. The van der Waals surface area contributed by atoms with Crippen LogP contribution in [0.5, 0.6) is 11.5 Å². The average Bonchev–Trinajstić information content (AvgIpc) is 2.75. The molecule has 0 bridgehead atoms. The van der Waals surface area contributed by atoms with Crippen LogP contribution in [0.3, 0.4) is 0 Å². The fourth-order valence-electron chi connectivity index (χ4n) is 3.11. The van der Waals surface area contributed by atoms with Crippen molar-refractivity contribution < 1.29 is 28.6 Å². The maximum atomic E-state index is 12.7. The fourth-order valence-corrected chi connectivity index (χ4v) is 3.11. The highest BCUT2D eigenvalue weighted by molar-refractivity contribution is 5.96. The van der Waals surface area contributed by atoms with Crippen LogP contribution in [0.1, 0.15) is 22.8 Å². The van der Waals surface area contributed by atoms with Gasteiger partial charge in [0.1, 0.15) is 17.1 Å². The number of fused-ring (bicyclic) bond motifs is 1. The zero-order chi connectivity index (χ0) is 21.0. The third-order valence-corrected chi connectivity index (χ3v) is 4.58. The molecule has 2 aromatic carbocycles. The molecule has 0 unspecified atom stereocenters. The summed E-state index contributed by atoms with van der Waals surface area (Å²) in [7, 11) is 2.75. The number of carbonyl (C=O) groups is 3. The van der Waals surface area contributed by atoms with Gasteiger partial charge in [-0.3, -0.25) is 9.59 Å². The lowest BCUT2D eigenvalue weighted by Gasteiger charge is -2.33. The first-order valence-corrected chi connectivity index (χ1v) is 9.01. The Labute approximate surface area is 168 Å². The van der Waals surface area contributed by atoms with Gasteiger partial charge < -0.3 is 24.4 Å². The van der Waals surface area contributed by atoms with Gasteiger partial charge in [0.15, 0.2) is 6.10 Å². The summed E-state index contributed by atoms with van der Waals surface area (Å²) in [6, 6.07) is 12.1. The molecule has 1 aliphatic heterocycles. The van der Waals surface area contributed by atoms with E-state index in [4.69, 9.17) is 14.2 Å². The molecule has 0 spiro atoms. The molecular formula is C21H22N2O6. The van der Waals surface area contributed by atoms with E-state index in [1.807, 2.05) is 0 Å². The van der Waals surface area contributed by atoms with E-state index in [9.17, 15) is 14.4 Å². The zero-order valence-electron chi connectivity index (χ0n) is 16.4. The molecule has 8 nitrogen and oxygen atoms in total. The van der Waals surface area contributed by atoms with E-state index in [2.05, 4.69) is 5.32 Å². The van der Waals surface area contributed by atoms with E-state index >= 15 is 0 Å². The largest absolute Gasteiger partial charge is 0.496 e. The van der Waals surface area contributed by atoms with Crippen LogP contribution in [0.2, 0.25) is 0 Å². The molecule has 2 amide bonds. The van der Waals surface area contributed by atoms with E-state index in [0.29, 0.717) is 22.7 Å². The molecule has 1 N–H and O–H groups in total. The number of rotatable bonds is 5. The molecule has 8 heteroatoms. The fraction of sp³-hybridized carbons (Fsp3) is 0.286. The maximum Gasteiger partial charge on any atom is 0.341 e.